The molecule has 0 saturated heterocycles. The van der Waals surface area contributed by atoms with Gasteiger partial charge in [0.05, 0.1) is 18.1 Å². The number of rotatable bonds is 5. The van der Waals surface area contributed by atoms with Gasteiger partial charge in [0.25, 0.3) is 0 Å². The Morgan fingerprint density at radius 1 is 1.36 bits per heavy atom. The number of hydrogen-bond acceptors (Lipinski definition) is 4. The Labute approximate surface area is 64.4 Å². The Bertz CT molecular complexity index is 122. The van der Waals surface area contributed by atoms with E-state index in [0.29, 0.717) is 26.2 Å². The van der Waals surface area contributed by atoms with Gasteiger partial charge in [-0.05, 0) is 0 Å². The first kappa shape index (κ1) is 9.92. The van der Waals surface area contributed by atoms with Crippen LogP contribution in [-0.2, 0) is 0 Å². The van der Waals surface area contributed by atoms with Crippen LogP contribution in [0.5, 0.6) is 0 Å². The number of nitrogens with two attached hydrogens (primary N) is 2. The van der Waals surface area contributed by atoms with Crippen LogP contribution in [0.25, 0.3) is 0 Å². The van der Waals surface area contributed by atoms with Gasteiger partial charge in [0.2, 0.25) is 5.28 Å². The second-order valence-electron chi connectivity index (χ2n) is 1.87. The summed E-state index contributed by atoms with van der Waals surface area (Å²) in [5, 5.41) is 22.3. The van der Waals surface area contributed by atoms with Crippen LogP contribution in [0.4, 0.5) is 0 Å². The highest BCUT2D eigenvalue weighted by Crippen LogP contribution is 1.86. The van der Waals surface area contributed by atoms with Crippen molar-refractivity contribution >= 4 is 0 Å². The molecule has 0 radical (unpaired) electrons. The van der Waals surface area contributed by atoms with E-state index < -0.39 is 0 Å². The largest absolute Gasteiger partial charge is 0.569 e. The van der Waals surface area contributed by atoms with E-state index in [1.54, 1.807) is 0 Å². The summed E-state index contributed by atoms with van der Waals surface area (Å²) < 4.78 is 0. The normalized spacial score (nSPS) is 11.6. The van der Waals surface area contributed by atoms with Crippen LogP contribution >= 0.6 is 0 Å². The van der Waals surface area contributed by atoms with Gasteiger partial charge in [0.15, 0.2) is 0 Å². The van der Waals surface area contributed by atoms with Crippen molar-refractivity contribution in [3.8, 4) is 0 Å². The molecule has 0 amide bonds. The van der Waals surface area contributed by atoms with Crippen molar-refractivity contribution in [2.75, 3.05) is 26.2 Å². The van der Waals surface area contributed by atoms with Gasteiger partial charge < -0.3 is 21.9 Å². The molecule has 0 aliphatic carbocycles. The van der Waals surface area contributed by atoms with E-state index in [4.69, 9.17) is 16.7 Å². The van der Waals surface area contributed by atoms with E-state index in [1.807, 2.05) is 0 Å². The summed E-state index contributed by atoms with van der Waals surface area (Å²) >= 11 is 0. The highest BCUT2D eigenvalue weighted by atomic mass is 16.6. The minimum atomic E-state index is 0.0692. The average molecular weight is 163 g/mol. The summed E-state index contributed by atoms with van der Waals surface area (Å²) in [7, 11) is 0. The Hall–Kier alpha value is -1.08. The fraction of sp³-hybridized carbons (Fsp3) is 1.00. The molecule has 0 heterocycles. The van der Waals surface area contributed by atoms with Crippen molar-refractivity contribution in [1.29, 1.82) is 0 Å². The van der Waals surface area contributed by atoms with Gasteiger partial charge in [-0.1, -0.05) is 0 Å². The van der Waals surface area contributed by atoms with Crippen LogP contribution in [0, 0.1) is 5.21 Å². The summed E-state index contributed by atoms with van der Waals surface area (Å²) in [5.74, 6) is 0. The first-order valence-electron chi connectivity index (χ1n) is 3.23. The molecule has 11 heavy (non-hydrogen) atoms. The monoisotopic (exact) mass is 163 g/mol. The van der Waals surface area contributed by atoms with Gasteiger partial charge in [-0.3, -0.25) is 0 Å². The van der Waals surface area contributed by atoms with Crippen LogP contribution in [0.15, 0.2) is 5.28 Å². The zero-order valence-electron chi connectivity index (χ0n) is 6.18. The summed E-state index contributed by atoms with van der Waals surface area (Å²) in [5.41, 5.74) is 10.4. The predicted molar refractivity (Wildman–Crippen MR) is 37.5 cm³/mol. The SMILES string of the molecule is NCCN(CCN)/[N+]([O-])=N\O. The smallest absolute Gasteiger partial charge is 0.230 e. The van der Waals surface area contributed by atoms with Crippen molar-refractivity contribution < 1.29 is 10.2 Å². The molecule has 0 atom stereocenters. The van der Waals surface area contributed by atoms with E-state index >= 15 is 0 Å². The average Bonchev–Trinajstić information content (AvgIpc) is 2.03. The zero-order valence-corrected chi connectivity index (χ0v) is 6.18. The molecule has 0 aliphatic rings. The second-order valence-corrected chi connectivity index (χ2v) is 1.87. The molecule has 0 bridgehead atoms. The fourth-order valence-electron chi connectivity index (χ4n) is 0.638. The highest BCUT2D eigenvalue weighted by Gasteiger charge is 2.09. The van der Waals surface area contributed by atoms with Gasteiger partial charge in [-0.2, -0.15) is 0 Å². The Balaban J connectivity index is 3.87. The molecule has 0 aliphatic heterocycles. The van der Waals surface area contributed by atoms with Crippen LogP contribution in [-0.4, -0.2) is 41.4 Å². The molecule has 0 fully saturated rings. The van der Waals surface area contributed by atoms with Gasteiger partial charge in [-0.25, -0.2) is 0 Å². The standard InChI is InChI=1S/C4H13N5O2/c5-1-3-8(4-2-6)9(11)7-10/h10H,1-6H2/b9-7+. The fourth-order valence-corrected chi connectivity index (χ4v) is 0.638. The first-order chi connectivity index (χ1) is 5.26. The molecule has 0 spiro atoms. The van der Waals surface area contributed by atoms with Crippen LogP contribution in [0.3, 0.4) is 0 Å². The van der Waals surface area contributed by atoms with Crippen molar-refractivity contribution in [3.05, 3.63) is 5.21 Å². The molecule has 66 valence electrons. The lowest BCUT2D eigenvalue weighted by atomic mass is 10.5. The third-order valence-corrected chi connectivity index (χ3v) is 1.09. The predicted octanol–water partition coefficient (Wildman–Crippen LogP) is -1.53. The molecular formula is C4H13N5O2. The molecule has 0 saturated carbocycles. The maximum atomic E-state index is 10.6. The number of hydrazine groups is 1. The Morgan fingerprint density at radius 2 is 1.82 bits per heavy atom. The minimum absolute atomic E-state index is 0.0692. The number of hydrogen-bond donors (Lipinski definition) is 3. The second kappa shape index (κ2) is 5.69. The van der Waals surface area contributed by atoms with E-state index in [0.717, 1.165) is 0 Å². The van der Waals surface area contributed by atoms with Crippen LogP contribution in [0.1, 0.15) is 0 Å². The Morgan fingerprint density at radius 3 is 2.09 bits per heavy atom. The van der Waals surface area contributed by atoms with E-state index in [9.17, 15) is 5.21 Å². The lowest BCUT2D eigenvalue weighted by Gasteiger charge is -2.14. The topological polar surface area (TPSA) is 114 Å². The third kappa shape index (κ3) is 3.58. The molecule has 5 N–H and O–H groups in total. The molecule has 7 heteroatoms. The quantitative estimate of drug-likeness (QED) is 0.258. The Kier molecular flexibility index (Phi) is 5.13. The molecule has 0 aromatic carbocycles. The molecular weight excluding hydrogens is 150 g/mol. The molecule has 0 aromatic heterocycles. The maximum absolute atomic E-state index is 10.6. The van der Waals surface area contributed by atoms with Crippen molar-refractivity contribution in [2.24, 2.45) is 16.7 Å². The molecule has 0 unspecified atom stereocenters. The highest BCUT2D eigenvalue weighted by molar-refractivity contribution is 4.45. The van der Waals surface area contributed by atoms with Crippen LogP contribution in [0.2, 0.25) is 0 Å². The van der Waals surface area contributed by atoms with E-state index in [-0.39, 0.29) is 4.97 Å². The van der Waals surface area contributed by atoms with Crippen molar-refractivity contribution in [1.82, 2.24) is 5.01 Å². The van der Waals surface area contributed by atoms with Gasteiger partial charge >= 0.3 is 0 Å². The van der Waals surface area contributed by atoms with Gasteiger partial charge in [-0.15, -0.1) is 5.01 Å². The summed E-state index contributed by atoms with van der Waals surface area (Å²) in [4.78, 5) is 0.0692. The third-order valence-electron chi connectivity index (χ3n) is 1.09. The van der Waals surface area contributed by atoms with Gasteiger partial charge in [0.1, 0.15) is 0 Å². The maximum Gasteiger partial charge on any atom is 0.230 e. The molecule has 0 aromatic rings. The zero-order chi connectivity index (χ0) is 8.69. The lowest BCUT2D eigenvalue weighted by molar-refractivity contribution is -0.708. The minimum Gasteiger partial charge on any atom is -0.569 e. The summed E-state index contributed by atoms with van der Waals surface area (Å²) in [6.07, 6.45) is 0. The van der Waals surface area contributed by atoms with Crippen molar-refractivity contribution in [2.45, 2.75) is 0 Å². The lowest BCUT2D eigenvalue weighted by Crippen LogP contribution is -2.38. The van der Waals surface area contributed by atoms with E-state index in [1.165, 1.54) is 5.01 Å². The van der Waals surface area contributed by atoms with Crippen molar-refractivity contribution in [3.63, 3.8) is 0 Å². The van der Waals surface area contributed by atoms with E-state index in [2.05, 4.69) is 5.28 Å². The van der Waals surface area contributed by atoms with Gasteiger partial charge in [0, 0.05) is 13.1 Å². The summed E-state index contributed by atoms with van der Waals surface area (Å²) in [6, 6.07) is 0. The number of nitrogens with zero attached hydrogens (tertiary/aromatic N) is 3. The summed E-state index contributed by atoms with van der Waals surface area (Å²) in [6.45, 7) is 1.28. The van der Waals surface area contributed by atoms with Crippen LogP contribution < -0.4 is 11.5 Å². The first-order valence-corrected chi connectivity index (χ1v) is 3.23. The molecule has 0 rings (SSSR count). The molecule has 7 nitrogen and oxygen atoms in total.